The smallest absolute Gasteiger partial charge is 0.00715 e. The summed E-state index contributed by atoms with van der Waals surface area (Å²) in [5, 5.41) is 0. The Kier molecular flexibility index (Phi) is 3.49. The average molecular weight is 177 g/mol. The van der Waals surface area contributed by atoms with E-state index in [1.807, 2.05) is 0 Å². The zero-order valence-corrected chi connectivity index (χ0v) is 8.80. The van der Waals surface area contributed by atoms with Crippen molar-refractivity contribution in [1.29, 1.82) is 0 Å². The normalized spacial score (nSPS) is 12.9. The summed E-state index contributed by atoms with van der Waals surface area (Å²) < 4.78 is 0. The molecule has 1 nitrogen and oxygen atoms in total. The molecule has 1 aromatic rings. The molecule has 1 heteroatoms. The molecule has 13 heavy (non-hydrogen) atoms. The number of aryl methyl sites for hydroxylation is 2. The average Bonchev–Trinajstić information content (AvgIpc) is 2.04. The summed E-state index contributed by atoms with van der Waals surface area (Å²) in [4.78, 5) is 0. The highest BCUT2D eigenvalue weighted by Gasteiger charge is 2.06. The first-order chi connectivity index (χ1) is 6.15. The summed E-state index contributed by atoms with van der Waals surface area (Å²) in [5.41, 5.74) is 9.71. The van der Waals surface area contributed by atoms with Gasteiger partial charge in [-0.1, -0.05) is 30.7 Å². The van der Waals surface area contributed by atoms with Gasteiger partial charge in [0.2, 0.25) is 0 Å². The number of hydrogen-bond acceptors (Lipinski definition) is 1. The minimum Gasteiger partial charge on any atom is -0.330 e. The third-order valence-electron chi connectivity index (χ3n) is 2.56. The van der Waals surface area contributed by atoms with Crippen LogP contribution in [0.3, 0.4) is 0 Å². The van der Waals surface area contributed by atoms with Gasteiger partial charge in [-0.05, 0) is 43.9 Å². The SMILES string of the molecule is Cc1ccc([C@@H](C)CCN)c(C)c1. The van der Waals surface area contributed by atoms with Crippen LogP contribution in [0.1, 0.15) is 36.0 Å². The van der Waals surface area contributed by atoms with Crippen LogP contribution in [0, 0.1) is 13.8 Å². The molecule has 1 aromatic carbocycles. The highest BCUT2D eigenvalue weighted by Crippen LogP contribution is 2.22. The highest BCUT2D eigenvalue weighted by atomic mass is 14.5. The van der Waals surface area contributed by atoms with Crippen molar-refractivity contribution < 1.29 is 0 Å². The second-order valence-electron chi connectivity index (χ2n) is 3.84. The van der Waals surface area contributed by atoms with Gasteiger partial charge in [-0.2, -0.15) is 0 Å². The largest absolute Gasteiger partial charge is 0.330 e. The molecule has 0 aliphatic heterocycles. The molecular weight excluding hydrogens is 158 g/mol. The zero-order valence-electron chi connectivity index (χ0n) is 8.80. The second kappa shape index (κ2) is 4.43. The lowest BCUT2D eigenvalue weighted by Gasteiger charge is -2.13. The number of benzene rings is 1. The molecule has 72 valence electrons. The Morgan fingerprint density at radius 2 is 2.00 bits per heavy atom. The first kappa shape index (κ1) is 10.3. The predicted molar refractivity (Wildman–Crippen MR) is 58.0 cm³/mol. The van der Waals surface area contributed by atoms with Gasteiger partial charge < -0.3 is 5.73 Å². The van der Waals surface area contributed by atoms with Crippen LogP contribution >= 0.6 is 0 Å². The minimum absolute atomic E-state index is 0.589. The minimum atomic E-state index is 0.589. The molecule has 0 saturated heterocycles. The van der Waals surface area contributed by atoms with Gasteiger partial charge in [0.1, 0.15) is 0 Å². The summed E-state index contributed by atoms with van der Waals surface area (Å²) >= 11 is 0. The third kappa shape index (κ3) is 2.56. The number of rotatable bonds is 3. The standard InChI is InChI=1S/C12H19N/c1-9-4-5-12(11(3)8-9)10(2)6-7-13/h4-5,8,10H,6-7,13H2,1-3H3/t10-/m0/s1. The Balaban J connectivity index is 2.88. The first-order valence-electron chi connectivity index (χ1n) is 4.92. The van der Waals surface area contributed by atoms with Crippen LogP contribution in [0.2, 0.25) is 0 Å². The van der Waals surface area contributed by atoms with Crippen molar-refractivity contribution in [3.63, 3.8) is 0 Å². The summed E-state index contributed by atoms with van der Waals surface area (Å²) in [5.74, 6) is 0.589. The molecule has 0 fully saturated rings. The van der Waals surface area contributed by atoms with Gasteiger partial charge >= 0.3 is 0 Å². The molecule has 0 amide bonds. The Hall–Kier alpha value is -0.820. The van der Waals surface area contributed by atoms with E-state index in [2.05, 4.69) is 39.0 Å². The summed E-state index contributed by atoms with van der Waals surface area (Å²) in [6, 6.07) is 6.64. The lowest BCUT2D eigenvalue weighted by atomic mass is 9.93. The van der Waals surface area contributed by atoms with Gasteiger partial charge in [-0.3, -0.25) is 0 Å². The highest BCUT2D eigenvalue weighted by molar-refractivity contribution is 5.32. The molecule has 0 spiro atoms. The fourth-order valence-electron chi connectivity index (χ4n) is 1.78. The van der Waals surface area contributed by atoms with Crippen molar-refractivity contribution in [3.05, 3.63) is 34.9 Å². The van der Waals surface area contributed by atoms with E-state index < -0.39 is 0 Å². The Morgan fingerprint density at radius 3 is 2.54 bits per heavy atom. The third-order valence-corrected chi connectivity index (χ3v) is 2.56. The van der Waals surface area contributed by atoms with Crippen LogP contribution in [0.5, 0.6) is 0 Å². The monoisotopic (exact) mass is 177 g/mol. The quantitative estimate of drug-likeness (QED) is 0.755. The summed E-state index contributed by atoms with van der Waals surface area (Å²) in [6.07, 6.45) is 1.07. The molecule has 2 N–H and O–H groups in total. The van der Waals surface area contributed by atoms with Crippen molar-refractivity contribution in [2.24, 2.45) is 5.73 Å². The molecule has 0 bridgehead atoms. The van der Waals surface area contributed by atoms with Gasteiger partial charge in [0.15, 0.2) is 0 Å². The van der Waals surface area contributed by atoms with E-state index in [4.69, 9.17) is 5.73 Å². The van der Waals surface area contributed by atoms with Gasteiger partial charge in [-0.25, -0.2) is 0 Å². The van der Waals surface area contributed by atoms with E-state index in [0.717, 1.165) is 13.0 Å². The van der Waals surface area contributed by atoms with E-state index in [-0.39, 0.29) is 0 Å². The van der Waals surface area contributed by atoms with E-state index in [0.29, 0.717) is 5.92 Å². The van der Waals surface area contributed by atoms with Crippen LogP contribution < -0.4 is 5.73 Å². The van der Waals surface area contributed by atoms with Crippen molar-refractivity contribution in [2.45, 2.75) is 33.1 Å². The van der Waals surface area contributed by atoms with E-state index in [1.165, 1.54) is 16.7 Å². The van der Waals surface area contributed by atoms with E-state index in [9.17, 15) is 0 Å². The fourth-order valence-corrected chi connectivity index (χ4v) is 1.78. The molecule has 0 saturated carbocycles. The molecule has 1 rings (SSSR count). The molecule has 0 unspecified atom stereocenters. The lowest BCUT2D eigenvalue weighted by Crippen LogP contribution is -2.05. The predicted octanol–water partition coefficient (Wildman–Crippen LogP) is 2.76. The maximum atomic E-state index is 5.55. The summed E-state index contributed by atoms with van der Waals surface area (Å²) in [6.45, 7) is 7.32. The van der Waals surface area contributed by atoms with Crippen molar-refractivity contribution in [1.82, 2.24) is 0 Å². The van der Waals surface area contributed by atoms with Gasteiger partial charge in [0, 0.05) is 0 Å². The van der Waals surface area contributed by atoms with Gasteiger partial charge in [0.25, 0.3) is 0 Å². The second-order valence-corrected chi connectivity index (χ2v) is 3.84. The lowest BCUT2D eigenvalue weighted by molar-refractivity contribution is 0.686. The van der Waals surface area contributed by atoms with E-state index in [1.54, 1.807) is 0 Å². The fraction of sp³-hybridized carbons (Fsp3) is 0.500. The molecular formula is C12H19N. The van der Waals surface area contributed by atoms with Gasteiger partial charge in [-0.15, -0.1) is 0 Å². The zero-order chi connectivity index (χ0) is 9.84. The Morgan fingerprint density at radius 1 is 1.31 bits per heavy atom. The summed E-state index contributed by atoms with van der Waals surface area (Å²) in [7, 11) is 0. The number of nitrogens with two attached hydrogens (primary N) is 1. The maximum absolute atomic E-state index is 5.55. The van der Waals surface area contributed by atoms with Crippen LogP contribution in [0.15, 0.2) is 18.2 Å². The van der Waals surface area contributed by atoms with E-state index >= 15 is 0 Å². The Labute approximate surface area is 81.0 Å². The number of hydrogen-bond donors (Lipinski definition) is 1. The van der Waals surface area contributed by atoms with Crippen molar-refractivity contribution in [3.8, 4) is 0 Å². The van der Waals surface area contributed by atoms with Crippen molar-refractivity contribution in [2.75, 3.05) is 6.54 Å². The Bertz CT molecular complexity index is 278. The van der Waals surface area contributed by atoms with Crippen LogP contribution in [0.4, 0.5) is 0 Å². The van der Waals surface area contributed by atoms with Crippen LogP contribution in [-0.2, 0) is 0 Å². The molecule has 0 aliphatic rings. The molecule has 0 aromatic heterocycles. The van der Waals surface area contributed by atoms with Crippen LogP contribution in [-0.4, -0.2) is 6.54 Å². The van der Waals surface area contributed by atoms with Gasteiger partial charge in [0.05, 0.1) is 0 Å². The van der Waals surface area contributed by atoms with Crippen molar-refractivity contribution >= 4 is 0 Å². The topological polar surface area (TPSA) is 26.0 Å². The molecule has 0 heterocycles. The van der Waals surface area contributed by atoms with Crippen LogP contribution in [0.25, 0.3) is 0 Å². The molecule has 0 radical (unpaired) electrons. The first-order valence-corrected chi connectivity index (χ1v) is 4.92. The molecule has 0 aliphatic carbocycles. The molecule has 1 atom stereocenters. The maximum Gasteiger partial charge on any atom is -0.00715 e.